The van der Waals surface area contributed by atoms with Crippen LogP contribution in [0.3, 0.4) is 0 Å². The lowest BCUT2D eigenvalue weighted by Gasteiger charge is -2.06. The number of rotatable bonds is 5. The number of nitrogens with two attached hydrogens (primary N) is 1. The Kier molecular flexibility index (Phi) is 5.59. The number of amidine groups is 1. The van der Waals surface area contributed by atoms with Gasteiger partial charge in [0.25, 0.3) is 0 Å². The summed E-state index contributed by atoms with van der Waals surface area (Å²) in [6.45, 7) is 1.97. The van der Waals surface area contributed by atoms with Crippen LogP contribution in [0.5, 0.6) is 0 Å². The lowest BCUT2D eigenvalue weighted by atomic mass is 10.1. The van der Waals surface area contributed by atoms with Crippen LogP contribution < -0.4 is 5.73 Å². The maximum Gasteiger partial charge on any atom is 0.152 e. The first kappa shape index (κ1) is 21.4. The van der Waals surface area contributed by atoms with Gasteiger partial charge in [-0.05, 0) is 48.9 Å². The van der Waals surface area contributed by atoms with Crippen molar-refractivity contribution in [3.63, 3.8) is 0 Å². The van der Waals surface area contributed by atoms with E-state index in [1.54, 1.807) is 6.26 Å². The fourth-order valence-electron chi connectivity index (χ4n) is 3.81. The van der Waals surface area contributed by atoms with Gasteiger partial charge in [0.1, 0.15) is 17.4 Å². The van der Waals surface area contributed by atoms with Crippen molar-refractivity contribution in [3.05, 3.63) is 89.6 Å². The van der Waals surface area contributed by atoms with E-state index >= 15 is 0 Å². The lowest BCUT2D eigenvalue weighted by Crippen LogP contribution is -2.10. The number of nitrogen functional groups attached to an aromatic ring is 1. The number of hydrogen-bond acceptors (Lipinski definition) is 4. The van der Waals surface area contributed by atoms with E-state index in [2.05, 4.69) is 21.8 Å². The summed E-state index contributed by atoms with van der Waals surface area (Å²) >= 11 is 0. The van der Waals surface area contributed by atoms with Gasteiger partial charge in [0.15, 0.2) is 5.76 Å². The first-order chi connectivity index (χ1) is 15.0. The molecule has 162 valence electrons. The summed E-state index contributed by atoms with van der Waals surface area (Å²) in [6, 6.07) is 19.7. The molecule has 0 amide bonds. The van der Waals surface area contributed by atoms with Gasteiger partial charge in [-0.1, -0.05) is 24.3 Å². The number of aromatic nitrogens is 4. The number of imidazole rings is 1. The Balaban J connectivity index is 0.00000245. The van der Waals surface area contributed by atoms with E-state index in [0.29, 0.717) is 6.42 Å². The molecule has 0 spiro atoms. The molecule has 0 bridgehead atoms. The average molecular weight is 447 g/mol. The fraction of sp³-hybridized carbons (Fsp3) is 0.125. The van der Waals surface area contributed by atoms with Gasteiger partial charge in [0.2, 0.25) is 0 Å². The van der Waals surface area contributed by atoms with Crippen LogP contribution in [0.15, 0.2) is 71.3 Å². The van der Waals surface area contributed by atoms with Gasteiger partial charge in [0, 0.05) is 19.0 Å². The van der Waals surface area contributed by atoms with Crippen molar-refractivity contribution >= 4 is 29.3 Å². The van der Waals surface area contributed by atoms with Gasteiger partial charge < -0.3 is 14.7 Å². The van der Waals surface area contributed by atoms with Crippen molar-refractivity contribution in [3.8, 4) is 17.1 Å². The van der Waals surface area contributed by atoms with Crippen LogP contribution in [-0.4, -0.2) is 25.2 Å². The number of halogens is 1. The predicted molar refractivity (Wildman–Crippen MR) is 128 cm³/mol. The van der Waals surface area contributed by atoms with E-state index in [9.17, 15) is 0 Å². The van der Waals surface area contributed by atoms with Crippen molar-refractivity contribution in [2.45, 2.75) is 13.3 Å². The van der Waals surface area contributed by atoms with Crippen molar-refractivity contribution in [1.82, 2.24) is 19.3 Å². The Hall–Kier alpha value is -3.84. The highest BCUT2D eigenvalue weighted by Crippen LogP contribution is 2.27. The molecular formula is C24H23ClN6O. The third kappa shape index (κ3) is 3.78. The molecule has 0 saturated carbocycles. The van der Waals surface area contributed by atoms with Gasteiger partial charge in [0.05, 0.1) is 28.7 Å². The molecule has 3 N–H and O–H groups in total. The minimum Gasteiger partial charge on any atom is -0.463 e. The summed E-state index contributed by atoms with van der Waals surface area (Å²) < 4.78 is 9.60. The van der Waals surface area contributed by atoms with Crippen molar-refractivity contribution in [2.24, 2.45) is 12.8 Å². The summed E-state index contributed by atoms with van der Waals surface area (Å²) in [5, 5.41) is 12.2. The molecule has 7 nitrogen and oxygen atoms in total. The second-order valence-corrected chi connectivity index (χ2v) is 7.61. The van der Waals surface area contributed by atoms with Crippen LogP contribution in [0.4, 0.5) is 0 Å². The smallest absolute Gasteiger partial charge is 0.152 e. The highest BCUT2D eigenvalue weighted by molar-refractivity contribution is 5.94. The highest BCUT2D eigenvalue weighted by Gasteiger charge is 2.15. The monoisotopic (exact) mass is 446 g/mol. The molecule has 8 heteroatoms. The molecule has 0 unspecified atom stereocenters. The third-order valence-corrected chi connectivity index (χ3v) is 5.43. The Labute approximate surface area is 191 Å². The molecule has 32 heavy (non-hydrogen) atoms. The van der Waals surface area contributed by atoms with Crippen LogP contribution in [0, 0.1) is 12.3 Å². The molecular weight excluding hydrogens is 424 g/mol. The molecule has 0 fully saturated rings. The Morgan fingerprint density at radius 2 is 1.88 bits per heavy atom. The lowest BCUT2D eigenvalue weighted by molar-refractivity contribution is 0.577. The number of fused-ring (bicyclic) bond motifs is 1. The number of nitrogens with zero attached hydrogens (tertiary/aromatic N) is 4. The van der Waals surface area contributed by atoms with Crippen molar-refractivity contribution < 1.29 is 4.42 Å². The molecule has 5 rings (SSSR count). The molecule has 0 aliphatic rings. The molecule has 0 radical (unpaired) electrons. The Morgan fingerprint density at radius 1 is 1.09 bits per heavy atom. The molecule has 0 aliphatic carbocycles. The van der Waals surface area contributed by atoms with Crippen LogP contribution in [0.2, 0.25) is 0 Å². The first-order valence-corrected chi connectivity index (χ1v) is 9.99. The standard InChI is InChI=1S/C24H22N6O.ClH/c1-15-12-21(22-4-3-11-31-22)30(28-15)18-9-10-20-19(14-18)27-23(29(20)2)13-16-5-7-17(8-6-16)24(25)26;/h3-12,14H,13H2,1-2H3,(H3,25,26);1H. The number of furan rings is 1. The zero-order valence-corrected chi connectivity index (χ0v) is 18.6. The third-order valence-electron chi connectivity index (χ3n) is 5.43. The van der Waals surface area contributed by atoms with Crippen molar-refractivity contribution in [1.29, 1.82) is 5.41 Å². The van der Waals surface area contributed by atoms with E-state index in [4.69, 9.17) is 20.5 Å². The van der Waals surface area contributed by atoms with Gasteiger partial charge >= 0.3 is 0 Å². The molecule has 0 atom stereocenters. The van der Waals surface area contributed by atoms with E-state index in [1.165, 1.54) is 0 Å². The minimum atomic E-state index is 0. The molecule has 0 aliphatic heterocycles. The Bertz CT molecular complexity index is 1400. The van der Waals surface area contributed by atoms with Gasteiger partial charge in [-0.2, -0.15) is 5.10 Å². The fourth-order valence-corrected chi connectivity index (χ4v) is 3.81. The predicted octanol–water partition coefficient (Wildman–Crippen LogP) is 4.62. The zero-order valence-electron chi connectivity index (χ0n) is 17.7. The minimum absolute atomic E-state index is 0. The average Bonchev–Trinajstić information content (AvgIpc) is 3.48. The number of aryl methyl sites for hydroxylation is 2. The second-order valence-electron chi connectivity index (χ2n) is 7.61. The summed E-state index contributed by atoms with van der Waals surface area (Å²) in [4.78, 5) is 4.88. The maximum absolute atomic E-state index is 7.54. The van der Waals surface area contributed by atoms with E-state index in [1.807, 2.05) is 67.2 Å². The van der Waals surface area contributed by atoms with E-state index in [0.717, 1.165) is 50.8 Å². The van der Waals surface area contributed by atoms with Crippen LogP contribution in [-0.2, 0) is 13.5 Å². The second kappa shape index (κ2) is 8.36. The molecule has 0 saturated heterocycles. The first-order valence-electron chi connectivity index (χ1n) is 9.99. The van der Waals surface area contributed by atoms with Crippen LogP contribution in [0.1, 0.15) is 22.6 Å². The number of hydrogen-bond donors (Lipinski definition) is 2. The Morgan fingerprint density at radius 3 is 2.56 bits per heavy atom. The van der Waals surface area contributed by atoms with Crippen LogP contribution >= 0.6 is 12.4 Å². The molecule has 2 aromatic carbocycles. The SMILES string of the molecule is Cc1cc(-c2ccco2)n(-c2ccc3c(c2)nc(Cc2ccc(C(=N)N)cc2)n3C)n1.Cl. The zero-order chi connectivity index (χ0) is 21.5. The summed E-state index contributed by atoms with van der Waals surface area (Å²) in [7, 11) is 2.03. The quantitative estimate of drug-likeness (QED) is 0.304. The van der Waals surface area contributed by atoms with Gasteiger partial charge in [-0.25, -0.2) is 9.67 Å². The topological polar surface area (TPSA) is 98.6 Å². The summed E-state index contributed by atoms with van der Waals surface area (Å²) in [5.74, 6) is 1.81. The summed E-state index contributed by atoms with van der Waals surface area (Å²) in [5.41, 5.74) is 12.1. The van der Waals surface area contributed by atoms with E-state index < -0.39 is 0 Å². The van der Waals surface area contributed by atoms with E-state index in [-0.39, 0.29) is 18.2 Å². The molecule has 3 aromatic heterocycles. The molecule has 5 aromatic rings. The highest BCUT2D eigenvalue weighted by atomic mass is 35.5. The number of nitrogens with one attached hydrogen (secondary N) is 1. The maximum atomic E-state index is 7.54. The van der Waals surface area contributed by atoms with Gasteiger partial charge in [-0.15, -0.1) is 12.4 Å². The molecule has 3 heterocycles. The van der Waals surface area contributed by atoms with Crippen molar-refractivity contribution in [2.75, 3.05) is 0 Å². The largest absolute Gasteiger partial charge is 0.463 e. The van der Waals surface area contributed by atoms with Gasteiger partial charge in [-0.3, -0.25) is 5.41 Å². The van der Waals surface area contributed by atoms with Crippen LogP contribution in [0.25, 0.3) is 28.2 Å². The normalized spacial score (nSPS) is 10.9. The summed E-state index contributed by atoms with van der Waals surface area (Å²) in [6.07, 6.45) is 2.36. The number of benzene rings is 2.